The summed E-state index contributed by atoms with van der Waals surface area (Å²) in [5, 5.41) is 20.5. The van der Waals surface area contributed by atoms with E-state index in [1.165, 1.54) is 56.4 Å². The maximum absolute atomic E-state index is 10.2. The number of aliphatic hydroxyl groups is 1. The van der Waals surface area contributed by atoms with Crippen LogP contribution in [0.2, 0.25) is 0 Å². The van der Waals surface area contributed by atoms with Gasteiger partial charge in [-0.2, -0.15) is 0 Å². The molecule has 1 unspecified atom stereocenters. The van der Waals surface area contributed by atoms with Crippen molar-refractivity contribution < 1.29 is 5.11 Å². The van der Waals surface area contributed by atoms with Gasteiger partial charge in [-0.1, -0.05) is 36.3 Å². The summed E-state index contributed by atoms with van der Waals surface area (Å²) in [4.78, 5) is 2.62. The van der Waals surface area contributed by atoms with E-state index in [1.54, 1.807) is 25.0 Å². The van der Waals surface area contributed by atoms with E-state index < -0.39 is 5.60 Å². The Morgan fingerprint density at radius 1 is 1.22 bits per heavy atom. The quantitative estimate of drug-likeness (QED) is 0.847. The van der Waals surface area contributed by atoms with Crippen LogP contribution in [0.25, 0.3) is 10.6 Å². The normalized spacial score (nSPS) is 30.7. The molecule has 0 radical (unpaired) electrons. The highest BCUT2D eigenvalue weighted by Crippen LogP contribution is 2.56. The lowest BCUT2D eigenvalue weighted by Gasteiger charge is -2.58. The molecule has 1 aromatic carbocycles. The van der Waals surface area contributed by atoms with E-state index >= 15 is 0 Å². The van der Waals surface area contributed by atoms with E-state index in [1.807, 2.05) is 0 Å². The van der Waals surface area contributed by atoms with E-state index in [9.17, 15) is 5.11 Å². The molecule has 2 bridgehead atoms. The van der Waals surface area contributed by atoms with Crippen LogP contribution in [0.3, 0.4) is 0 Å². The molecule has 1 aromatic heterocycles. The first-order chi connectivity index (χ1) is 12.9. The Labute approximate surface area is 165 Å². The largest absolute Gasteiger partial charge is 0.383 e. The van der Waals surface area contributed by atoms with Crippen molar-refractivity contribution >= 4 is 11.3 Å². The molecule has 1 saturated carbocycles. The number of nitrogens with zero attached hydrogens (tertiary/aromatic N) is 3. The molecule has 5 heteroatoms. The number of aromatic nitrogens is 2. The van der Waals surface area contributed by atoms with Gasteiger partial charge in [0.1, 0.15) is 15.6 Å². The van der Waals surface area contributed by atoms with Crippen LogP contribution < -0.4 is 0 Å². The second-order valence-corrected chi connectivity index (χ2v) is 10.3. The molecule has 3 aliphatic rings. The van der Waals surface area contributed by atoms with E-state index in [4.69, 9.17) is 0 Å². The number of likely N-dealkylation sites (N-methyl/N-ethyl adjacent to an activating group) is 1. The average Bonchev–Trinajstić information content (AvgIpc) is 3.15. The molecule has 2 aromatic rings. The molecule has 2 fully saturated rings. The Hall–Kier alpha value is -1.30. The fraction of sp³-hybridized carbons (Fsp3) is 0.636. The summed E-state index contributed by atoms with van der Waals surface area (Å²) in [5.74, 6) is 0.800. The first-order valence-electron chi connectivity index (χ1n) is 10.3. The van der Waals surface area contributed by atoms with Gasteiger partial charge in [0.05, 0.1) is 0 Å². The lowest BCUT2D eigenvalue weighted by molar-refractivity contribution is 0.00290. The van der Waals surface area contributed by atoms with Crippen LogP contribution in [0, 0.1) is 5.92 Å². The number of likely N-dealkylation sites (tertiary alicyclic amines) is 1. The van der Waals surface area contributed by atoms with Gasteiger partial charge in [0, 0.05) is 17.0 Å². The van der Waals surface area contributed by atoms with Gasteiger partial charge >= 0.3 is 0 Å². The third-order valence-electron chi connectivity index (χ3n) is 7.31. The molecule has 1 N–H and O–H groups in total. The van der Waals surface area contributed by atoms with Crippen molar-refractivity contribution in [2.75, 3.05) is 13.6 Å². The summed E-state index contributed by atoms with van der Waals surface area (Å²) in [6.07, 6.45) is 7.93. The van der Waals surface area contributed by atoms with Gasteiger partial charge in [0.15, 0.2) is 0 Å². The first kappa shape index (κ1) is 17.8. The van der Waals surface area contributed by atoms with Crippen molar-refractivity contribution in [3.8, 4) is 10.6 Å². The number of benzene rings is 1. The number of fused-ring (bicyclic) bond motifs is 1. The lowest BCUT2D eigenvalue weighted by atomic mass is 9.52. The summed E-state index contributed by atoms with van der Waals surface area (Å²) in [6, 6.07) is 7.68. The summed E-state index contributed by atoms with van der Waals surface area (Å²) in [7, 11) is 2.32. The van der Waals surface area contributed by atoms with E-state index in [0.29, 0.717) is 16.5 Å². The van der Waals surface area contributed by atoms with E-state index in [-0.39, 0.29) is 0 Å². The molecule has 4 nitrogen and oxygen atoms in total. The highest BCUT2D eigenvalue weighted by atomic mass is 32.1. The lowest BCUT2D eigenvalue weighted by Crippen LogP contribution is -2.59. The van der Waals surface area contributed by atoms with Crippen LogP contribution in [-0.2, 0) is 17.4 Å². The molecule has 0 spiro atoms. The predicted octanol–water partition coefficient (Wildman–Crippen LogP) is 4.12. The minimum Gasteiger partial charge on any atom is -0.383 e. The van der Waals surface area contributed by atoms with Gasteiger partial charge in [0.2, 0.25) is 0 Å². The number of piperidine rings is 1. The van der Waals surface area contributed by atoms with Gasteiger partial charge in [-0.25, -0.2) is 0 Å². The smallest absolute Gasteiger partial charge is 0.148 e. The molecule has 27 heavy (non-hydrogen) atoms. The van der Waals surface area contributed by atoms with Crippen LogP contribution in [0.15, 0.2) is 18.2 Å². The molecule has 1 aliphatic heterocycles. The third-order valence-corrected chi connectivity index (χ3v) is 8.59. The molecule has 1 saturated heterocycles. The number of rotatable bonds is 2. The number of hydrogen-bond acceptors (Lipinski definition) is 5. The minimum absolute atomic E-state index is 0.364. The Balaban J connectivity index is 1.60. The highest BCUT2D eigenvalue weighted by Gasteiger charge is 2.53. The van der Waals surface area contributed by atoms with E-state index in [2.05, 4.69) is 40.3 Å². The second kappa shape index (κ2) is 6.10. The van der Waals surface area contributed by atoms with Crippen LogP contribution in [-0.4, -0.2) is 39.8 Å². The van der Waals surface area contributed by atoms with Crippen molar-refractivity contribution in [1.29, 1.82) is 0 Å². The molecular formula is C22H29N3OS. The molecular weight excluding hydrogens is 354 g/mol. The molecule has 144 valence electrons. The molecule has 2 heterocycles. The standard InChI is InChI=1S/C22H29N3OS/c1-21(2,26)20-24-23-19(27-20)15-8-7-14-13-18-16-6-4-5-9-22(16,17(14)12-15)10-11-25(18)3/h7-8,12,16,18,26H,4-6,9-11,13H2,1-3H3/t16?,18-,22-/m0/s1. The van der Waals surface area contributed by atoms with Crippen molar-refractivity contribution in [3.63, 3.8) is 0 Å². The fourth-order valence-corrected chi connectivity index (χ4v) is 6.76. The minimum atomic E-state index is -0.932. The average molecular weight is 384 g/mol. The van der Waals surface area contributed by atoms with Crippen LogP contribution in [0.4, 0.5) is 0 Å². The summed E-state index contributed by atoms with van der Waals surface area (Å²) < 4.78 is 0. The van der Waals surface area contributed by atoms with Crippen molar-refractivity contribution in [3.05, 3.63) is 34.3 Å². The van der Waals surface area contributed by atoms with Gasteiger partial charge in [-0.05, 0) is 76.2 Å². The number of hydrogen-bond donors (Lipinski definition) is 1. The van der Waals surface area contributed by atoms with Gasteiger partial charge < -0.3 is 10.0 Å². The zero-order chi connectivity index (χ0) is 18.8. The van der Waals surface area contributed by atoms with E-state index in [0.717, 1.165) is 16.5 Å². The fourth-order valence-electron chi connectivity index (χ4n) is 5.92. The Morgan fingerprint density at radius 3 is 2.85 bits per heavy atom. The summed E-state index contributed by atoms with van der Waals surface area (Å²) in [5.41, 5.74) is 3.73. The van der Waals surface area contributed by atoms with Crippen molar-refractivity contribution in [2.45, 2.75) is 69.4 Å². The Kier molecular flexibility index (Phi) is 4.01. The first-order valence-corrected chi connectivity index (χ1v) is 11.1. The van der Waals surface area contributed by atoms with Crippen molar-refractivity contribution in [2.24, 2.45) is 5.92 Å². The molecule has 2 aliphatic carbocycles. The molecule has 0 amide bonds. The highest BCUT2D eigenvalue weighted by molar-refractivity contribution is 7.14. The SMILES string of the molecule is CN1CC[C@@]23CCCCC2[C@@H]1Cc1ccc(-c2nnc(C(C)(C)O)s2)cc13. The van der Waals surface area contributed by atoms with Gasteiger partial charge in [-0.3, -0.25) is 0 Å². The summed E-state index contributed by atoms with van der Waals surface area (Å²) >= 11 is 1.51. The monoisotopic (exact) mass is 383 g/mol. The maximum Gasteiger partial charge on any atom is 0.148 e. The van der Waals surface area contributed by atoms with Gasteiger partial charge in [0.25, 0.3) is 0 Å². The Morgan fingerprint density at radius 2 is 2.07 bits per heavy atom. The molecule has 3 atom stereocenters. The topological polar surface area (TPSA) is 49.2 Å². The summed E-state index contributed by atoms with van der Waals surface area (Å²) in [6.45, 7) is 4.76. The van der Waals surface area contributed by atoms with Crippen molar-refractivity contribution in [1.82, 2.24) is 15.1 Å². The third kappa shape index (κ3) is 2.70. The zero-order valence-corrected chi connectivity index (χ0v) is 17.4. The van der Waals surface area contributed by atoms with Crippen LogP contribution in [0.1, 0.15) is 62.1 Å². The van der Waals surface area contributed by atoms with Crippen LogP contribution in [0.5, 0.6) is 0 Å². The Bertz CT molecular complexity index is 871. The second-order valence-electron chi connectivity index (χ2n) is 9.35. The van der Waals surface area contributed by atoms with Gasteiger partial charge in [-0.15, -0.1) is 10.2 Å². The maximum atomic E-state index is 10.2. The molecule has 5 rings (SSSR count). The van der Waals surface area contributed by atoms with Crippen LogP contribution >= 0.6 is 11.3 Å². The predicted molar refractivity (Wildman–Crippen MR) is 109 cm³/mol. The zero-order valence-electron chi connectivity index (χ0n) is 16.5.